The van der Waals surface area contributed by atoms with Crippen molar-refractivity contribution in [3.8, 4) is 0 Å². The second-order valence-corrected chi connectivity index (χ2v) is 8.09. The van der Waals surface area contributed by atoms with Crippen LogP contribution in [0.3, 0.4) is 0 Å². The zero-order chi connectivity index (χ0) is 21.1. The summed E-state index contributed by atoms with van der Waals surface area (Å²) in [5.41, 5.74) is 3.25. The van der Waals surface area contributed by atoms with Crippen LogP contribution >= 0.6 is 0 Å². The first kappa shape index (κ1) is 22.9. The van der Waals surface area contributed by atoms with Crippen molar-refractivity contribution in [3.63, 3.8) is 0 Å². The van der Waals surface area contributed by atoms with Crippen LogP contribution in [0.15, 0.2) is 59.6 Å². The van der Waals surface area contributed by atoms with Gasteiger partial charge < -0.3 is 20.5 Å². The summed E-state index contributed by atoms with van der Waals surface area (Å²) in [4.78, 5) is 4.71. The minimum atomic E-state index is -0.154. The van der Waals surface area contributed by atoms with Gasteiger partial charge in [-0.05, 0) is 44.4 Å². The standard InChI is InChI=1S/C24H35N3O2/c1-5-25-23(27-16-22(17-28)21-12-7-6-8-13-21)26-15-19-10-9-11-20(14-19)18-29-24(2,3)4/h6-14,22,28H,5,15-18H2,1-4H3,(H2,25,26,27). The number of guanidine groups is 1. The predicted octanol–water partition coefficient (Wildman–Crippen LogP) is 3.83. The predicted molar refractivity (Wildman–Crippen MR) is 120 cm³/mol. The number of benzene rings is 2. The summed E-state index contributed by atoms with van der Waals surface area (Å²) in [6.07, 6.45) is 0. The van der Waals surface area contributed by atoms with Gasteiger partial charge in [0.2, 0.25) is 0 Å². The molecule has 0 radical (unpaired) electrons. The second kappa shape index (κ2) is 11.6. The lowest BCUT2D eigenvalue weighted by Gasteiger charge is -2.19. The number of nitrogens with one attached hydrogen (secondary N) is 2. The van der Waals surface area contributed by atoms with E-state index in [1.54, 1.807) is 0 Å². The Hall–Kier alpha value is -2.37. The van der Waals surface area contributed by atoms with Gasteiger partial charge in [0.05, 0.1) is 25.4 Å². The Balaban J connectivity index is 1.98. The highest BCUT2D eigenvalue weighted by molar-refractivity contribution is 5.79. The van der Waals surface area contributed by atoms with Crippen LogP contribution in [-0.2, 0) is 17.9 Å². The molecule has 158 valence electrons. The molecule has 2 rings (SSSR count). The maximum Gasteiger partial charge on any atom is 0.191 e. The van der Waals surface area contributed by atoms with Crippen LogP contribution in [0.4, 0.5) is 0 Å². The molecule has 0 aliphatic heterocycles. The Morgan fingerprint density at radius 1 is 1.03 bits per heavy atom. The molecule has 0 amide bonds. The zero-order valence-electron chi connectivity index (χ0n) is 18.1. The maximum absolute atomic E-state index is 9.76. The van der Waals surface area contributed by atoms with Crippen molar-refractivity contribution in [1.29, 1.82) is 0 Å². The van der Waals surface area contributed by atoms with Crippen LogP contribution in [-0.4, -0.2) is 36.4 Å². The molecule has 0 aliphatic rings. The topological polar surface area (TPSA) is 65.9 Å². The average Bonchev–Trinajstić information content (AvgIpc) is 2.71. The van der Waals surface area contributed by atoms with Crippen molar-refractivity contribution in [2.24, 2.45) is 4.99 Å². The Bertz CT molecular complexity index is 754. The fourth-order valence-corrected chi connectivity index (χ4v) is 2.86. The summed E-state index contributed by atoms with van der Waals surface area (Å²) in [5, 5.41) is 16.4. The summed E-state index contributed by atoms with van der Waals surface area (Å²) < 4.78 is 5.87. The van der Waals surface area contributed by atoms with Crippen LogP contribution in [0.1, 0.15) is 50.3 Å². The lowest BCUT2D eigenvalue weighted by atomic mass is 10.0. The number of aliphatic hydroxyl groups excluding tert-OH is 1. The van der Waals surface area contributed by atoms with Crippen LogP contribution in [0, 0.1) is 0 Å². The van der Waals surface area contributed by atoms with Crippen LogP contribution < -0.4 is 10.6 Å². The van der Waals surface area contributed by atoms with Gasteiger partial charge in [-0.3, -0.25) is 0 Å². The molecule has 0 aliphatic carbocycles. The van der Waals surface area contributed by atoms with Crippen molar-refractivity contribution >= 4 is 5.96 Å². The Morgan fingerprint density at radius 3 is 2.41 bits per heavy atom. The van der Waals surface area contributed by atoms with E-state index in [4.69, 9.17) is 9.73 Å². The molecule has 0 heterocycles. The van der Waals surface area contributed by atoms with E-state index in [9.17, 15) is 5.11 Å². The van der Waals surface area contributed by atoms with E-state index >= 15 is 0 Å². The van der Waals surface area contributed by atoms with E-state index in [0.29, 0.717) is 19.7 Å². The van der Waals surface area contributed by atoms with Crippen molar-refractivity contribution in [3.05, 3.63) is 71.3 Å². The number of aliphatic imine (C=N–C) groups is 1. The van der Waals surface area contributed by atoms with E-state index in [2.05, 4.69) is 49.6 Å². The van der Waals surface area contributed by atoms with Gasteiger partial charge in [0.25, 0.3) is 0 Å². The molecule has 0 saturated carbocycles. The molecular weight excluding hydrogens is 362 g/mol. The molecule has 1 atom stereocenters. The molecule has 3 N–H and O–H groups in total. The number of hydrogen-bond acceptors (Lipinski definition) is 3. The first-order chi connectivity index (χ1) is 13.9. The van der Waals surface area contributed by atoms with Gasteiger partial charge in [0.1, 0.15) is 0 Å². The summed E-state index contributed by atoms with van der Waals surface area (Å²) >= 11 is 0. The first-order valence-corrected chi connectivity index (χ1v) is 10.3. The van der Waals surface area contributed by atoms with Gasteiger partial charge in [0.15, 0.2) is 5.96 Å². The fraction of sp³-hybridized carbons (Fsp3) is 0.458. The zero-order valence-corrected chi connectivity index (χ0v) is 18.1. The van der Waals surface area contributed by atoms with E-state index < -0.39 is 0 Å². The molecule has 0 spiro atoms. The highest BCUT2D eigenvalue weighted by Gasteiger charge is 2.11. The Kier molecular flexibility index (Phi) is 9.16. The van der Waals surface area contributed by atoms with E-state index in [1.807, 2.05) is 43.3 Å². The number of nitrogens with zero attached hydrogens (tertiary/aromatic N) is 1. The molecule has 5 nitrogen and oxygen atoms in total. The van der Waals surface area contributed by atoms with Crippen molar-refractivity contribution in [2.45, 2.75) is 52.4 Å². The van der Waals surface area contributed by atoms with Gasteiger partial charge >= 0.3 is 0 Å². The number of ether oxygens (including phenoxy) is 1. The van der Waals surface area contributed by atoms with Crippen LogP contribution in [0.25, 0.3) is 0 Å². The van der Waals surface area contributed by atoms with E-state index in [0.717, 1.165) is 29.2 Å². The molecule has 0 aromatic heterocycles. The van der Waals surface area contributed by atoms with E-state index in [-0.39, 0.29) is 18.1 Å². The number of rotatable bonds is 9. The smallest absolute Gasteiger partial charge is 0.191 e. The van der Waals surface area contributed by atoms with Gasteiger partial charge in [-0.2, -0.15) is 0 Å². The Morgan fingerprint density at radius 2 is 1.76 bits per heavy atom. The fourth-order valence-electron chi connectivity index (χ4n) is 2.86. The van der Waals surface area contributed by atoms with Crippen molar-refractivity contribution in [1.82, 2.24) is 10.6 Å². The molecule has 0 bridgehead atoms. The summed E-state index contributed by atoms with van der Waals surface area (Å²) in [6, 6.07) is 18.4. The normalized spacial score (nSPS) is 13.2. The lowest BCUT2D eigenvalue weighted by molar-refractivity contribution is -0.0149. The Labute approximate surface area is 175 Å². The van der Waals surface area contributed by atoms with Crippen LogP contribution in [0.5, 0.6) is 0 Å². The third-order valence-electron chi connectivity index (χ3n) is 4.43. The first-order valence-electron chi connectivity index (χ1n) is 10.3. The maximum atomic E-state index is 9.76. The minimum Gasteiger partial charge on any atom is -0.396 e. The SMILES string of the molecule is CCNC(=NCc1cccc(COC(C)(C)C)c1)NCC(CO)c1ccccc1. The summed E-state index contributed by atoms with van der Waals surface area (Å²) in [6.45, 7) is 10.9. The van der Waals surface area contributed by atoms with Gasteiger partial charge in [-0.15, -0.1) is 0 Å². The lowest BCUT2D eigenvalue weighted by Crippen LogP contribution is -2.39. The molecular formula is C24H35N3O2. The monoisotopic (exact) mass is 397 g/mol. The van der Waals surface area contributed by atoms with Crippen LogP contribution in [0.2, 0.25) is 0 Å². The second-order valence-electron chi connectivity index (χ2n) is 8.09. The molecule has 1 unspecified atom stereocenters. The number of aliphatic hydroxyl groups is 1. The van der Waals surface area contributed by atoms with E-state index in [1.165, 1.54) is 0 Å². The van der Waals surface area contributed by atoms with Gasteiger partial charge in [0, 0.05) is 19.0 Å². The van der Waals surface area contributed by atoms with Crippen molar-refractivity contribution < 1.29 is 9.84 Å². The third-order valence-corrected chi connectivity index (χ3v) is 4.43. The molecule has 2 aromatic rings. The summed E-state index contributed by atoms with van der Waals surface area (Å²) in [7, 11) is 0. The molecule has 29 heavy (non-hydrogen) atoms. The minimum absolute atomic E-state index is 0.0259. The highest BCUT2D eigenvalue weighted by Crippen LogP contribution is 2.15. The number of hydrogen-bond donors (Lipinski definition) is 3. The largest absolute Gasteiger partial charge is 0.396 e. The van der Waals surface area contributed by atoms with Gasteiger partial charge in [-0.1, -0.05) is 54.6 Å². The molecule has 2 aromatic carbocycles. The highest BCUT2D eigenvalue weighted by atomic mass is 16.5. The molecule has 0 fully saturated rings. The molecule has 5 heteroatoms. The third kappa shape index (κ3) is 8.67. The molecule has 0 saturated heterocycles. The average molecular weight is 398 g/mol. The van der Waals surface area contributed by atoms with Crippen molar-refractivity contribution in [2.75, 3.05) is 19.7 Å². The summed E-state index contributed by atoms with van der Waals surface area (Å²) in [5.74, 6) is 0.774. The van der Waals surface area contributed by atoms with Gasteiger partial charge in [-0.25, -0.2) is 4.99 Å². The quantitative estimate of drug-likeness (QED) is 0.444.